The van der Waals surface area contributed by atoms with Crippen LogP contribution in [0.4, 0.5) is 0 Å². The normalized spacial score (nSPS) is 12.0. The van der Waals surface area contributed by atoms with Gasteiger partial charge >= 0.3 is 5.97 Å². The molecule has 27 heavy (non-hydrogen) atoms. The van der Waals surface area contributed by atoms with Crippen LogP contribution in [-0.4, -0.2) is 25.7 Å². The molecule has 134 valence electrons. The number of carbonyl (C=O) groups is 1. The second-order valence-electron chi connectivity index (χ2n) is 6.00. The molecule has 7 heteroatoms. The van der Waals surface area contributed by atoms with Gasteiger partial charge in [-0.15, -0.1) is 0 Å². The van der Waals surface area contributed by atoms with E-state index < -0.39 is 12.2 Å². The number of hydrogen-bond acceptors (Lipinski definition) is 5. The minimum Gasteiger partial charge on any atom is -0.438 e. The predicted molar refractivity (Wildman–Crippen MR) is 105 cm³/mol. The fourth-order valence-electron chi connectivity index (χ4n) is 2.91. The van der Waals surface area contributed by atoms with Crippen LogP contribution < -0.4 is 0 Å². The maximum absolute atomic E-state index is 12.4. The molecule has 2 aromatic heterocycles. The van der Waals surface area contributed by atoms with Gasteiger partial charge in [0, 0.05) is 17.1 Å². The smallest absolute Gasteiger partial charge is 0.340 e. The third kappa shape index (κ3) is 3.37. The second-order valence-corrected chi connectivity index (χ2v) is 6.39. The Balaban J connectivity index is 1.68. The van der Waals surface area contributed by atoms with Gasteiger partial charge < -0.3 is 4.74 Å². The first-order valence-electron chi connectivity index (χ1n) is 8.41. The van der Waals surface area contributed by atoms with E-state index in [0.29, 0.717) is 16.2 Å². The van der Waals surface area contributed by atoms with Gasteiger partial charge in [-0.3, -0.25) is 14.6 Å². The first-order valence-corrected chi connectivity index (χ1v) is 8.82. The summed E-state index contributed by atoms with van der Waals surface area (Å²) in [6.45, 7) is 1.76. The topological polar surface area (TPSA) is 72.8 Å². The molecule has 0 saturated carbocycles. The van der Waals surface area contributed by atoms with E-state index in [2.05, 4.69) is 15.2 Å². The Morgan fingerprint density at radius 1 is 1.15 bits per heavy atom. The van der Waals surface area contributed by atoms with Crippen LogP contribution in [0, 0.1) is 4.77 Å². The van der Waals surface area contributed by atoms with Crippen molar-refractivity contribution in [1.29, 1.82) is 0 Å². The molecule has 2 heterocycles. The van der Waals surface area contributed by atoms with Gasteiger partial charge in [-0.05, 0) is 55.5 Å². The Kier molecular flexibility index (Phi) is 4.52. The van der Waals surface area contributed by atoms with Gasteiger partial charge in [0.05, 0.1) is 11.1 Å². The Morgan fingerprint density at radius 2 is 1.96 bits per heavy atom. The van der Waals surface area contributed by atoms with Gasteiger partial charge in [0.1, 0.15) is 0 Å². The summed E-state index contributed by atoms with van der Waals surface area (Å²) in [7, 11) is 0. The quantitative estimate of drug-likeness (QED) is 0.418. The van der Waals surface area contributed by atoms with E-state index in [1.807, 2.05) is 36.4 Å². The lowest BCUT2D eigenvalue weighted by Crippen LogP contribution is -2.16. The van der Waals surface area contributed by atoms with E-state index in [1.54, 1.807) is 42.0 Å². The molecule has 0 radical (unpaired) electrons. The highest BCUT2D eigenvalue weighted by atomic mass is 32.1. The molecule has 0 bridgehead atoms. The standard InChI is InChI=1S/C20H16N4O2S/c1-13(26-19(25)14-6-3-2-4-7-14)24-18(22-23-20(24)27)16-9-10-17-15(12-16)8-5-11-21-17/h2-13H,1H3,(H,23,27). The highest BCUT2D eigenvalue weighted by molar-refractivity contribution is 7.71. The lowest BCUT2D eigenvalue weighted by molar-refractivity contribution is 0.0157. The predicted octanol–water partition coefficient (Wildman–Crippen LogP) is 4.53. The summed E-state index contributed by atoms with van der Waals surface area (Å²) in [4.78, 5) is 16.7. The summed E-state index contributed by atoms with van der Waals surface area (Å²) in [5.41, 5.74) is 2.23. The summed E-state index contributed by atoms with van der Waals surface area (Å²) in [5, 5.41) is 8.10. The minimum absolute atomic E-state index is 0.379. The highest BCUT2D eigenvalue weighted by Gasteiger charge is 2.19. The number of H-pyrrole nitrogens is 1. The number of benzene rings is 2. The first kappa shape index (κ1) is 17.1. The van der Waals surface area contributed by atoms with Crippen molar-refractivity contribution in [3.8, 4) is 11.4 Å². The van der Waals surface area contributed by atoms with Gasteiger partial charge in [-0.25, -0.2) is 4.79 Å². The number of fused-ring (bicyclic) bond motifs is 1. The zero-order valence-corrected chi connectivity index (χ0v) is 15.3. The first-order chi connectivity index (χ1) is 13.1. The van der Waals surface area contributed by atoms with Gasteiger partial charge in [-0.1, -0.05) is 24.3 Å². The maximum Gasteiger partial charge on any atom is 0.340 e. The number of aromatic nitrogens is 4. The average Bonchev–Trinajstić information content (AvgIpc) is 3.09. The summed E-state index contributed by atoms with van der Waals surface area (Å²) < 4.78 is 7.66. The summed E-state index contributed by atoms with van der Waals surface area (Å²) in [6, 6.07) is 18.5. The van der Waals surface area contributed by atoms with Crippen LogP contribution >= 0.6 is 12.2 Å². The van der Waals surface area contributed by atoms with Crippen LogP contribution in [0.1, 0.15) is 23.5 Å². The summed E-state index contributed by atoms with van der Waals surface area (Å²) in [6.07, 6.45) is 1.13. The van der Waals surface area contributed by atoms with Crippen molar-refractivity contribution in [2.45, 2.75) is 13.2 Å². The van der Waals surface area contributed by atoms with E-state index in [-0.39, 0.29) is 0 Å². The van der Waals surface area contributed by atoms with Crippen LogP contribution in [0.25, 0.3) is 22.3 Å². The molecule has 4 aromatic rings. The molecule has 0 aliphatic heterocycles. The summed E-state index contributed by atoms with van der Waals surface area (Å²) in [5.74, 6) is 0.180. The third-order valence-corrected chi connectivity index (χ3v) is 4.50. The minimum atomic E-state index is -0.622. The van der Waals surface area contributed by atoms with Crippen molar-refractivity contribution in [2.75, 3.05) is 0 Å². The molecule has 0 aliphatic rings. The molecule has 6 nitrogen and oxygen atoms in total. The molecule has 2 aromatic carbocycles. The third-order valence-electron chi connectivity index (χ3n) is 4.22. The van der Waals surface area contributed by atoms with Crippen LogP contribution in [0.2, 0.25) is 0 Å². The molecule has 0 fully saturated rings. The van der Waals surface area contributed by atoms with Crippen molar-refractivity contribution < 1.29 is 9.53 Å². The largest absolute Gasteiger partial charge is 0.438 e. The molecule has 1 atom stereocenters. The molecule has 4 rings (SSSR count). The van der Waals surface area contributed by atoms with Crippen LogP contribution in [-0.2, 0) is 4.74 Å². The summed E-state index contributed by atoms with van der Waals surface area (Å²) >= 11 is 5.36. The second kappa shape index (κ2) is 7.13. The molecule has 0 spiro atoms. The van der Waals surface area contributed by atoms with Crippen molar-refractivity contribution in [1.82, 2.24) is 19.7 Å². The number of hydrogen-bond donors (Lipinski definition) is 1. The number of aromatic amines is 1. The lowest BCUT2D eigenvalue weighted by Gasteiger charge is -2.16. The molecule has 1 unspecified atom stereocenters. The van der Waals surface area contributed by atoms with E-state index in [0.717, 1.165) is 16.5 Å². The van der Waals surface area contributed by atoms with Gasteiger partial charge in [0.15, 0.2) is 16.8 Å². The van der Waals surface area contributed by atoms with Crippen LogP contribution in [0.15, 0.2) is 66.9 Å². The molecule has 0 amide bonds. The number of rotatable bonds is 4. The number of nitrogens with zero attached hydrogens (tertiary/aromatic N) is 3. The Bertz CT molecular complexity index is 1170. The van der Waals surface area contributed by atoms with Crippen LogP contribution in [0.5, 0.6) is 0 Å². The number of nitrogens with one attached hydrogen (secondary N) is 1. The molecule has 0 aliphatic carbocycles. The van der Waals surface area contributed by atoms with Crippen LogP contribution in [0.3, 0.4) is 0 Å². The van der Waals surface area contributed by atoms with Gasteiger partial charge in [-0.2, -0.15) is 5.10 Å². The van der Waals surface area contributed by atoms with Crippen molar-refractivity contribution in [2.24, 2.45) is 0 Å². The SMILES string of the molecule is CC(OC(=O)c1ccccc1)n1c(-c2ccc3ncccc3c2)n[nH]c1=S. The van der Waals surface area contributed by atoms with Crippen molar-refractivity contribution in [3.05, 3.63) is 77.2 Å². The number of pyridine rings is 1. The van der Waals surface area contributed by atoms with E-state index in [1.165, 1.54) is 0 Å². The molecule has 1 N–H and O–H groups in total. The lowest BCUT2D eigenvalue weighted by atomic mass is 10.1. The average molecular weight is 376 g/mol. The zero-order valence-electron chi connectivity index (χ0n) is 14.5. The number of ether oxygens (including phenoxy) is 1. The fourth-order valence-corrected chi connectivity index (χ4v) is 3.19. The van der Waals surface area contributed by atoms with Crippen molar-refractivity contribution in [3.63, 3.8) is 0 Å². The van der Waals surface area contributed by atoms with E-state index >= 15 is 0 Å². The Hall–Kier alpha value is -3.32. The van der Waals surface area contributed by atoms with Crippen molar-refractivity contribution >= 4 is 29.1 Å². The molecular weight excluding hydrogens is 360 g/mol. The molecule has 0 saturated heterocycles. The highest BCUT2D eigenvalue weighted by Crippen LogP contribution is 2.25. The number of esters is 1. The Morgan fingerprint density at radius 3 is 2.78 bits per heavy atom. The fraction of sp³-hybridized carbons (Fsp3) is 0.100. The van der Waals surface area contributed by atoms with Gasteiger partial charge in [0.2, 0.25) is 0 Å². The monoisotopic (exact) mass is 376 g/mol. The zero-order chi connectivity index (χ0) is 18.8. The van der Waals surface area contributed by atoms with E-state index in [4.69, 9.17) is 17.0 Å². The van der Waals surface area contributed by atoms with Gasteiger partial charge in [0.25, 0.3) is 0 Å². The number of carbonyl (C=O) groups excluding carboxylic acids is 1. The van der Waals surface area contributed by atoms with E-state index in [9.17, 15) is 4.79 Å². The Labute approximate surface area is 160 Å². The molecular formula is C20H16N4O2S. The maximum atomic E-state index is 12.4.